The monoisotopic (exact) mass is 304 g/mol. The number of ether oxygens (including phenoxy) is 3. The number of benzene rings is 2. The van der Waals surface area contributed by atoms with Crippen molar-refractivity contribution in [1.82, 2.24) is 0 Å². The molecule has 2 rings (SSSR count). The number of fused-ring (bicyclic) bond motifs is 1. The molecular weight excluding hydrogens is 284 g/mol. The summed E-state index contributed by atoms with van der Waals surface area (Å²) < 4.78 is 16.3. The van der Waals surface area contributed by atoms with Crippen molar-refractivity contribution in [3.8, 4) is 17.2 Å². The fourth-order valence-corrected chi connectivity index (χ4v) is 2.66. The Morgan fingerprint density at radius 3 is 2.18 bits per heavy atom. The predicted molar refractivity (Wildman–Crippen MR) is 84.6 cm³/mol. The highest BCUT2D eigenvalue weighted by Gasteiger charge is 2.19. The van der Waals surface area contributed by atoms with Gasteiger partial charge in [-0.2, -0.15) is 0 Å². The van der Waals surface area contributed by atoms with Gasteiger partial charge < -0.3 is 19.3 Å². The lowest BCUT2D eigenvalue weighted by Crippen LogP contribution is -2.02. The molecular formula is C17H20O5. The van der Waals surface area contributed by atoms with Gasteiger partial charge in [-0.1, -0.05) is 13.3 Å². The maximum atomic E-state index is 11.3. The number of hydrogen-bond acceptors (Lipinski definition) is 4. The zero-order valence-corrected chi connectivity index (χ0v) is 13.2. The van der Waals surface area contributed by atoms with Gasteiger partial charge in [-0.15, -0.1) is 0 Å². The van der Waals surface area contributed by atoms with Crippen LogP contribution in [0.1, 0.15) is 29.3 Å². The SMILES string of the molecule is CCCc1c(OC)c(OC)cc2c(OC)cc(C(=O)O)cc12. The van der Waals surface area contributed by atoms with Crippen LogP contribution in [0.25, 0.3) is 10.8 Å². The van der Waals surface area contributed by atoms with E-state index in [1.54, 1.807) is 20.3 Å². The molecule has 2 aromatic rings. The molecule has 0 atom stereocenters. The minimum Gasteiger partial charge on any atom is -0.496 e. The predicted octanol–water partition coefficient (Wildman–Crippen LogP) is 3.52. The van der Waals surface area contributed by atoms with Crippen LogP contribution in [0.2, 0.25) is 0 Å². The minimum atomic E-state index is -0.988. The van der Waals surface area contributed by atoms with E-state index in [0.29, 0.717) is 17.2 Å². The van der Waals surface area contributed by atoms with Crippen LogP contribution in [0.15, 0.2) is 18.2 Å². The van der Waals surface area contributed by atoms with Crippen LogP contribution in [-0.4, -0.2) is 32.4 Å². The third-order valence-electron chi connectivity index (χ3n) is 3.63. The summed E-state index contributed by atoms with van der Waals surface area (Å²) in [5.74, 6) is 0.770. The van der Waals surface area contributed by atoms with Gasteiger partial charge in [-0.05, 0) is 30.0 Å². The lowest BCUT2D eigenvalue weighted by molar-refractivity contribution is 0.0696. The first-order valence-corrected chi connectivity index (χ1v) is 7.06. The molecule has 1 N–H and O–H groups in total. The Kier molecular flexibility index (Phi) is 4.75. The largest absolute Gasteiger partial charge is 0.496 e. The first-order chi connectivity index (χ1) is 10.6. The van der Waals surface area contributed by atoms with E-state index >= 15 is 0 Å². The third kappa shape index (κ3) is 2.66. The minimum absolute atomic E-state index is 0.189. The first kappa shape index (κ1) is 15.9. The van der Waals surface area contributed by atoms with Crippen LogP contribution in [0.3, 0.4) is 0 Å². The quantitative estimate of drug-likeness (QED) is 0.884. The molecule has 0 unspecified atom stereocenters. The van der Waals surface area contributed by atoms with Crippen molar-refractivity contribution in [2.24, 2.45) is 0 Å². The summed E-state index contributed by atoms with van der Waals surface area (Å²) in [6, 6.07) is 5.00. The summed E-state index contributed by atoms with van der Waals surface area (Å²) >= 11 is 0. The fourth-order valence-electron chi connectivity index (χ4n) is 2.66. The summed E-state index contributed by atoms with van der Waals surface area (Å²) in [4.78, 5) is 11.3. The number of carboxylic acids is 1. The van der Waals surface area contributed by atoms with E-state index in [1.807, 2.05) is 6.07 Å². The van der Waals surface area contributed by atoms with Crippen LogP contribution in [-0.2, 0) is 6.42 Å². The molecule has 0 bridgehead atoms. The topological polar surface area (TPSA) is 65.0 Å². The fraction of sp³-hybridized carbons (Fsp3) is 0.353. The second-order valence-electron chi connectivity index (χ2n) is 4.92. The molecule has 0 amide bonds. The molecule has 0 aliphatic rings. The van der Waals surface area contributed by atoms with E-state index in [0.717, 1.165) is 29.2 Å². The number of hydrogen-bond donors (Lipinski definition) is 1. The smallest absolute Gasteiger partial charge is 0.335 e. The Balaban J connectivity index is 2.92. The maximum Gasteiger partial charge on any atom is 0.335 e. The van der Waals surface area contributed by atoms with E-state index in [4.69, 9.17) is 14.2 Å². The van der Waals surface area contributed by atoms with Crippen molar-refractivity contribution in [2.75, 3.05) is 21.3 Å². The van der Waals surface area contributed by atoms with E-state index in [-0.39, 0.29) is 5.56 Å². The van der Waals surface area contributed by atoms with Crippen LogP contribution in [0, 0.1) is 0 Å². The number of methoxy groups -OCH3 is 3. The van der Waals surface area contributed by atoms with Gasteiger partial charge in [0.05, 0.1) is 26.9 Å². The van der Waals surface area contributed by atoms with Gasteiger partial charge in [0, 0.05) is 10.9 Å². The average Bonchev–Trinajstić information content (AvgIpc) is 2.53. The van der Waals surface area contributed by atoms with Crippen LogP contribution >= 0.6 is 0 Å². The van der Waals surface area contributed by atoms with Gasteiger partial charge in [0.25, 0.3) is 0 Å². The summed E-state index contributed by atoms with van der Waals surface area (Å²) in [5.41, 5.74) is 1.12. The molecule has 0 saturated heterocycles. The first-order valence-electron chi connectivity index (χ1n) is 7.06. The highest BCUT2D eigenvalue weighted by atomic mass is 16.5. The molecule has 5 heteroatoms. The Labute approximate surface area is 129 Å². The number of carbonyl (C=O) groups is 1. The van der Waals surface area contributed by atoms with Crippen LogP contribution in [0.5, 0.6) is 17.2 Å². The lowest BCUT2D eigenvalue weighted by Gasteiger charge is -2.17. The standard InChI is InChI=1S/C17H20O5/c1-5-6-11-12-7-10(17(18)19)8-14(20-2)13(12)9-15(21-3)16(11)22-4/h7-9H,5-6H2,1-4H3,(H,18,19). The molecule has 118 valence electrons. The molecule has 0 aliphatic carbocycles. The summed E-state index contributed by atoms with van der Waals surface area (Å²) in [7, 11) is 4.69. The number of aromatic carboxylic acids is 1. The Bertz CT molecular complexity index is 706. The highest BCUT2D eigenvalue weighted by molar-refractivity contribution is 6.00. The summed E-state index contributed by atoms with van der Waals surface area (Å²) in [6.45, 7) is 2.06. The maximum absolute atomic E-state index is 11.3. The van der Waals surface area contributed by atoms with Crippen molar-refractivity contribution in [3.63, 3.8) is 0 Å². The van der Waals surface area contributed by atoms with E-state index in [9.17, 15) is 9.90 Å². The molecule has 0 heterocycles. The van der Waals surface area contributed by atoms with Crippen LogP contribution < -0.4 is 14.2 Å². The molecule has 2 aromatic carbocycles. The molecule has 0 radical (unpaired) electrons. The second-order valence-corrected chi connectivity index (χ2v) is 4.92. The number of carboxylic acid groups (broad SMARTS) is 1. The number of aryl methyl sites for hydroxylation is 1. The van der Waals surface area contributed by atoms with E-state index in [1.165, 1.54) is 13.2 Å². The lowest BCUT2D eigenvalue weighted by atomic mass is 9.96. The van der Waals surface area contributed by atoms with Gasteiger partial charge in [0.15, 0.2) is 11.5 Å². The van der Waals surface area contributed by atoms with Crippen molar-refractivity contribution < 1.29 is 24.1 Å². The van der Waals surface area contributed by atoms with Gasteiger partial charge >= 0.3 is 5.97 Å². The summed E-state index contributed by atoms with van der Waals surface area (Å²) in [6.07, 6.45) is 1.65. The zero-order valence-electron chi connectivity index (χ0n) is 13.2. The van der Waals surface area contributed by atoms with Crippen molar-refractivity contribution >= 4 is 16.7 Å². The molecule has 0 spiro atoms. The van der Waals surface area contributed by atoms with Crippen LogP contribution in [0.4, 0.5) is 0 Å². The molecule has 0 fully saturated rings. The van der Waals surface area contributed by atoms with E-state index in [2.05, 4.69) is 6.92 Å². The van der Waals surface area contributed by atoms with Gasteiger partial charge in [-0.3, -0.25) is 0 Å². The average molecular weight is 304 g/mol. The van der Waals surface area contributed by atoms with E-state index < -0.39 is 5.97 Å². The Hall–Kier alpha value is -2.43. The Morgan fingerprint density at radius 2 is 1.68 bits per heavy atom. The third-order valence-corrected chi connectivity index (χ3v) is 3.63. The van der Waals surface area contributed by atoms with Crippen molar-refractivity contribution in [3.05, 3.63) is 29.3 Å². The normalized spacial score (nSPS) is 10.5. The Morgan fingerprint density at radius 1 is 1.00 bits per heavy atom. The zero-order chi connectivity index (χ0) is 16.3. The number of rotatable bonds is 6. The van der Waals surface area contributed by atoms with Gasteiger partial charge in [-0.25, -0.2) is 4.79 Å². The molecule has 0 saturated carbocycles. The van der Waals surface area contributed by atoms with Crippen molar-refractivity contribution in [1.29, 1.82) is 0 Å². The second kappa shape index (κ2) is 6.56. The molecule has 5 nitrogen and oxygen atoms in total. The summed E-state index contributed by atoms with van der Waals surface area (Å²) in [5, 5.41) is 10.9. The van der Waals surface area contributed by atoms with Gasteiger partial charge in [0.1, 0.15) is 5.75 Å². The molecule has 0 aliphatic heterocycles. The molecule has 0 aromatic heterocycles. The highest BCUT2D eigenvalue weighted by Crippen LogP contribution is 2.41. The molecule has 22 heavy (non-hydrogen) atoms. The van der Waals surface area contributed by atoms with Gasteiger partial charge in [0.2, 0.25) is 0 Å². The van der Waals surface area contributed by atoms with Crippen molar-refractivity contribution in [2.45, 2.75) is 19.8 Å².